The summed E-state index contributed by atoms with van der Waals surface area (Å²) in [6.45, 7) is 0. The fourth-order valence-corrected chi connectivity index (χ4v) is 2.05. The van der Waals surface area contributed by atoms with Gasteiger partial charge in [-0.1, -0.05) is 30.3 Å². The minimum Gasteiger partial charge on any atom is -0.384 e. The molecule has 0 saturated carbocycles. The number of nitrogens with one attached hydrogen (secondary N) is 1. The molecular weight excluding hydrogens is 228 g/mol. The van der Waals surface area contributed by atoms with Crippen molar-refractivity contribution in [2.24, 2.45) is 5.73 Å². The van der Waals surface area contributed by atoms with Crippen molar-refractivity contribution in [1.82, 2.24) is 14.8 Å². The molecule has 1 atom stereocenters. The van der Waals surface area contributed by atoms with Gasteiger partial charge in [-0.2, -0.15) is 15.3 Å². The van der Waals surface area contributed by atoms with E-state index in [1.807, 2.05) is 30.3 Å². The maximum absolute atomic E-state index is 9.27. The van der Waals surface area contributed by atoms with Crippen LogP contribution in [0.1, 0.15) is 11.6 Å². The van der Waals surface area contributed by atoms with E-state index in [4.69, 9.17) is 5.73 Å². The van der Waals surface area contributed by atoms with Gasteiger partial charge in [0.15, 0.2) is 0 Å². The highest BCUT2D eigenvalue weighted by molar-refractivity contribution is 5.50. The van der Waals surface area contributed by atoms with Crippen LogP contribution in [0.3, 0.4) is 0 Å². The maximum Gasteiger partial charge on any atom is 0.227 e. The Hall–Kier alpha value is -2.81. The molecule has 6 heteroatoms. The number of fused-ring (bicyclic) bond motifs is 1. The highest BCUT2D eigenvalue weighted by Crippen LogP contribution is 2.32. The summed E-state index contributed by atoms with van der Waals surface area (Å²) in [6.07, 6.45) is 1.44. The lowest BCUT2D eigenvalue weighted by molar-refractivity contribution is 0.585. The molecule has 18 heavy (non-hydrogen) atoms. The maximum atomic E-state index is 9.27. The molecule has 0 aliphatic carbocycles. The van der Waals surface area contributed by atoms with Gasteiger partial charge < -0.3 is 11.1 Å². The highest BCUT2D eigenvalue weighted by atomic mass is 15.4. The zero-order chi connectivity index (χ0) is 12.5. The molecule has 1 aromatic heterocycles. The fraction of sp³-hybridized carbons (Fsp3) is 0.0833. The molecule has 0 unspecified atom stereocenters. The van der Waals surface area contributed by atoms with Crippen molar-refractivity contribution < 1.29 is 0 Å². The van der Waals surface area contributed by atoms with Gasteiger partial charge in [0.2, 0.25) is 5.95 Å². The zero-order valence-corrected chi connectivity index (χ0v) is 9.41. The summed E-state index contributed by atoms with van der Waals surface area (Å²) in [6, 6.07) is 11.4. The Labute approximate surface area is 103 Å². The lowest BCUT2D eigenvalue weighted by Gasteiger charge is -2.25. The van der Waals surface area contributed by atoms with Crippen LogP contribution in [0.4, 0.5) is 5.95 Å². The van der Waals surface area contributed by atoms with Crippen LogP contribution < -0.4 is 11.1 Å². The van der Waals surface area contributed by atoms with E-state index in [-0.39, 0.29) is 6.04 Å². The number of anilines is 1. The SMILES string of the molecule is N#CC1=C(N)Nc2ncnn2[C@H]1c1ccccc1. The zero-order valence-electron chi connectivity index (χ0n) is 9.41. The molecular formula is C12H10N6. The quantitative estimate of drug-likeness (QED) is 0.772. The first-order chi connectivity index (χ1) is 8.81. The second kappa shape index (κ2) is 3.89. The molecule has 1 aliphatic rings. The molecule has 0 fully saturated rings. The smallest absolute Gasteiger partial charge is 0.227 e. The molecule has 0 saturated heterocycles. The van der Waals surface area contributed by atoms with Crippen LogP contribution >= 0.6 is 0 Å². The summed E-state index contributed by atoms with van der Waals surface area (Å²) < 4.78 is 1.66. The van der Waals surface area contributed by atoms with Gasteiger partial charge in [-0.15, -0.1) is 0 Å². The molecule has 3 N–H and O–H groups in total. The van der Waals surface area contributed by atoms with Crippen molar-refractivity contribution in [1.29, 1.82) is 5.26 Å². The molecule has 0 radical (unpaired) electrons. The summed E-state index contributed by atoms with van der Waals surface area (Å²) in [4.78, 5) is 4.07. The molecule has 1 aliphatic heterocycles. The monoisotopic (exact) mass is 238 g/mol. The first-order valence-electron chi connectivity index (χ1n) is 5.42. The number of nitriles is 1. The topological polar surface area (TPSA) is 92.6 Å². The molecule has 2 heterocycles. The number of hydrogen-bond acceptors (Lipinski definition) is 5. The van der Waals surface area contributed by atoms with Gasteiger partial charge in [-0.25, -0.2) is 4.68 Å². The number of hydrogen-bond donors (Lipinski definition) is 2. The Morgan fingerprint density at radius 1 is 1.33 bits per heavy atom. The van der Waals surface area contributed by atoms with E-state index in [1.54, 1.807) is 4.68 Å². The fourth-order valence-electron chi connectivity index (χ4n) is 2.05. The molecule has 2 aromatic rings. The minimum atomic E-state index is -0.324. The molecule has 88 valence electrons. The van der Waals surface area contributed by atoms with Crippen LogP contribution in [0.2, 0.25) is 0 Å². The summed E-state index contributed by atoms with van der Waals surface area (Å²) in [5.41, 5.74) is 7.25. The highest BCUT2D eigenvalue weighted by Gasteiger charge is 2.29. The van der Waals surface area contributed by atoms with Crippen molar-refractivity contribution in [3.8, 4) is 6.07 Å². The van der Waals surface area contributed by atoms with Crippen molar-refractivity contribution in [3.63, 3.8) is 0 Å². The minimum absolute atomic E-state index is 0.324. The van der Waals surface area contributed by atoms with Crippen molar-refractivity contribution in [2.45, 2.75) is 6.04 Å². The number of allylic oxidation sites excluding steroid dienone is 1. The van der Waals surface area contributed by atoms with Gasteiger partial charge >= 0.3 is 0 Å². The lowest BCUT2D eigenvalue weighted by atomic mass is 9.98. The van der Waals surface area contributed by atoms with Crippen molar-refractivity contribution in [2.75, 3.05) is 5.32 Å². The second-order valence-electron chi connectivity index (χ2n) is 3.91. The van der Waals surface area contributed by atoms with Gasteiger partial charge in [-0.05, 0) is 5.56 Å². The van der Waals surface area contributed by atoms with Gasteiger partial charge in [0.05, 0.1) is 5.57 Å². The third kappa shape index (κ3) is 1.42. The van der Waals surface area contributed by atoms with E-state index < -0.39 is 0 Å². The number of nitrogens with two attached hydrogens (primary N) is 1. The number of benzene rings is 1. The normalized spacial score (nSPS) is 17.8. The molecule has 0 spiro atoms. The van der Waals surface area contributed by atoms with Gasteiger partial charge in [0.1, 0.15) is 24.3 Å². The number of aromatic nitrogens is 3. The van der Waals surface area contributed by atoms with Crippen LogP contribution in [-0.4, -0.2) is 14.8 Å². The summed E-state index contributed by atoms with van der Waals surface area (Å²) in [5.74, 6) is 0.868. The van der Waals surface area contributed by atoms with Crippen LogP contribution in [0, 0.1) is 11.3 Å². The summed E-state index contributed by atoms with van der Waals surface area (Å²) in [7, 11) is 0. The van der Waals surface area contributed by atoms with Crippen molar-refractivity contribution in [3.05, 3.63) is 53.6 Å². The number of nitrogens with zero attached hydrogens (tertiary/aromatic N) is 4. The Balaban J connectivity index is 2.20. The van der Waals surface area contributed by atoms with Crippen LogP contribution in [-0.2, 0) is 0 Å². The first-order valence-corrected chi connectivity index (χ1v) is 5.42. The molecule has 0 bridgehead atoms. The lowest BCUT2D eigenvalue weighted by Crippen LogP contribution is -2.28. The first kappa shape index (κ1) is 10.4. The molecule has 6 nitrogen and oxygen atoms in total. The molecule has 3 rings (SSSR count). The number of rotatable bonds is 1. The van der Waals surface area contributed by atoms with Gasteiger partial charge in [-0.3, -0.25) is 0 Å². The Morgan fingerprint density at radius 3 is 2.83 bits per heavy atom. The van der Waals surface area contributed by atoms with E-state index >= 15 is 0 Å². The van der Waals surface area contributed by atoms with Gasteiger partial charge in [0, 0.05) is 0 Å². The van der Waals surface area contributed by atoms with E-state index in [9.17, 15) is 5.26 Å². The van der Waals surface area contributed by atoms with Crippen LogP contribution in [0.25, 0.3) is 0 Å². The van der Waals surface area contributed by atoms with Crippen LogP contribution in [0.15, 0.2) is 48.1 Å². The Morgan fingerprint density at radius 2 is 2.11 bits per heavy atom. The third-order valence-corrected chi connectivity index (χ3v) is 2.86. The summed E-state index contributed by atoms with van der Waals surface area (Å²) in [5, 5.41) is 16.3. The Kier molecular flexibility index (Phi) is 2.24. The third-order valence-electron chi connectivity index (χ3n) is 2.86. The summed E-state index contributed by atoms with van der Waals surface area (Å²) >= 11 is 0. The standard InChI is InChI=1S/C12H10N6/c13-6-9-10(8-4-2-1-3-5-8)18-12(15-7-16-18)17-11(9)14/h1-5,7,10H,14H2,(H,15,16,17)/t10-/m0/s1. The van der Waals surface area contributed by atoms with E-state index in [1.165, 1.54) is 6.33 Å². The van der Waals surface area contributed by atoms with E-state index in [0.717, 1.165) is 5.56 Å². The molecule has 1 aromatic carbocycles. The van der Waals surface area contributed by atoms with E-state index in [2.05, 4.69) is 21.5 Å². The van der Waals surface area contributed by atoms with E-state index in [0.29, 0.717) is 17.3 Å². The molecule has 0 amide bonds. The van der Waals surface area contributed by atoms with Crippen molar-refractivity contribution >= 4 is 5.95 Å². The average molecular weight is 238 g/mol. The largest absolute Gasteiger partial charge is 0.384 e. The average Bonchev–Trinajstić information content (AvgIpc) is 2.85. The predicted octanol–water partition coefficient (Wildman–Crippen LogP) is 0.987. The predicted molar refractivity (Wildman–Crippen MR) is 65.1 cm³/mol. The second-order valence-corrected chi connectivity index (χ2v) is 3.91. The van der Waals surface area contributed by atoms with Crippen LogP contribution in [0.5, 0.6) is 0 Å². The van der Waals surface area contributed by atoms with Gasteiger partial charge in [0.25, 0.3) is 0 Å². The Bertz CT molecular complexity index is 649.